The summed E-state index contributed by atoms with van der Waals surface area (Å²) >= 11 is 0. The third-order valence-electron chi connectivity index (χ3n) is 6.70. The van der Waals surface area contributed by atoms with E-state index < -0.39 is 5.91 Å². The number of aromatic nitrogens is 2. The number of carbonyl (C=O) groups excluding carboxylic acids is 2. The van der Waals surface area contributed by atoms with Crippen molar-refractivity contribution in [2.24, 2.45) is 5.73 Å². The largest absolute Gasteiger partial charge is 0.497 e. The lowest BCUT2D eigenvalue weighted by Crippen LogP contribution is -2.38. The molecule has 0 saturated heterocycles. The number of amides is 2. The van der Waals surface area contributed by atoms with Crippen molar-refractivity contribution in [1.82, 2.24) is 14.5 Å². The molecule has 2 aromatic carbocycles. The van der Waals surface area contributed by atoms with Crippen molar-refractivity contribution in [2.75, 3.05) is 19.5 Å². The zero-order valence-electron chi connectivity index (χ0n) is 20.4. The van der Waals surface area contributed by atoms with Crippen LogP contribution in [0.25, 0.3) is 16.7 Å². The molecule has 2 amide bonds. The van der Waals surface area contributed by atoms with Crippen molar-refractivity contribution in [3.05, 3.63) is 60.2 Å². The second kappa shape index (κ2) is 10.6. The fraction of sp³-hybridized carbons (Fsp3) is 0.370. The number of ether oxygens (including phenoxy) is 1. The number of primary amides is 1. The summed E-state index contributed by atoms with van der Waals surface area (Å²) in [5.41, 5.74) is 8.98. The van der Waals surface area contributed by atoms with Crippen LogP contribution in [0, 0.1) is 0 Å². The van der Waals surface area contributed by atoms with Crippen LogP contribution in [0.2, 0.25) is 0 Å². The maximum absolute atomic E-state index is 13.2. The normalized spacial score (nSPS) is 14.0. The standard InChI is InChI=1S/C27H33N5O3/c1-18(19-8-7-11-22(16-19)35-3)29-27-30-23-17-20(12-13-24(23)32(27)15-14-25(28)33)26(34)31(2)21-9-5-4-6-10-21/h7-8,11-13,16-17,21H,1,4-6,9-10,14-15H2,2-3H3,(H2,28,33)(H,29,30). The molecule has 0 bridgehead atoms. The number of nitrogens with one attached hydrogen (secondary N) is 1. The van der Waals surface area contributed by atoms with Crippen molar-refractivity contribution in [3.63, 3.8) is 0 Å². The van der Waals surface area contributed by atoms with Gasteiger partial charge in [-0.25, -0.2) is 4.98 Å². The molecule has 8 heteroatoms. The van der Waals surface area contributed by atoms with Crippen LogP contribution in [0.1, 0.15) is 54.4 Å². The minimum atomic E-state index is -0.398. The Morgan fingerprint density at radius 1 is 1.17 bits per heavy atom. The van der Waals surface area contributed by atoms with E-state index in [1.165, 1.54) is 6.42 Å². The number of imidazole rings is 1. The van der Waals surface area contributed by atoms with Gasteiger partial charge in [-0.1, -0.05) is 38.0 Å². The monoisotopic (exact) mass is 475 g/mol. The van der Waals surface area contributed by atoms with Gasteiger partial charge >= 0.3 is 0 Å². The van der Waals surface area contributed by atoms with E-state index in [1.54, 1.807) is 7.11 Å². The zero-order chi connectivity index (χ0) is 24.9. The first-order valence-electron chi connectivity index (χ1n) is 12.0. The van der Waals surface area contributed by atoms with Gasteiger partial charge in [0.25, 0.3) is 5.91 Å². The first kappa shape index (κ1) is 24.3. The highest BCUT2D eigenvalue weighted by Crippen LogP contribution is 2.27. The number of nitrogens with two attached hydrogens (primary N) is 1. The van der Waals surface area contributed by atoms with E-state index >= 15 is 0 Å². The van der Waals surface area contributed by atoms with Crippen LogP contribution in [-0.4, -0.2) is 46.5 Å². The number of hydrogen-bond donors (Lipinski definition) is 2. The summed E-state index contributed by atoms with van der Waals surface area (Å²) in [6.45, 7) is 4.51. The molecule has 1 aromatic heterocycles. The van der Waals surface area contributed by atoms with Gasteiger partial charge in [0.2, 0.25) is 11.9 Å². The molecule has 4 rings (SSSR count). The lowest BCUT2D eigenvalue weighted by molar-refractivity contribution is -0.118. The average molecular weight is 476 g/mol. The quantitative estimate of drug-likeness (QED) is 0.477. The summed E-state index contributed by atoms with van der Waals surface area (Å²) in [5.74, 6) is 0.850. The van der Waals surface area contributed by atoms with Crippen molar-refractivity contribution in [1.29, 1.82) is 0 Å². The van der Waals surface area contributed by atoms with E-state index in [9.17, 15) is 9.59 Å². The van der Waals surface area contributed by atoms with E-state index in [-0.39, 0.29) is 18.4 Å². The van der Waals surface area contributed by atoms with Gasteiger partial charge in [-0.05, 0) is 43.2 Å². The van der Waals surface area contributed by atoms with Gasteiger partial charge in [0.15, 0.2) is 0 Å². The van der Waals surface area contributed by atoms with E-state index in [1.807, 2.05) is 59.0 Å². The molecule has 0 spiro atoms. The topological polar surface area (TPSA) is 102 Å². The van der Waals surface area contributed by atoms with Gasteiger partial charge < -0.3 is 25.3 Å². The molecule has 184 valence electrons. The molecule has 1 heterocycles. The highest BCUT2D eigenvalue weighted by molar-refractivity contribution is 5.98. The summed E-state index contributed by atoms with van der Waals surface area (Å²) in [7, 11) is 3.50. The molecule has 0 atom stereocenters. The molecular weight excluding hydrogens is 442 g/mol. The fourth-order valence-electron chi connectivity index (χ4n) is 4.66. The van der Waals surface area contributed by atoms with Crippen molar-refractivity contribution >= 4 is 34.5 Å². The second-order valence-corrected chi connectivity index (χ2v) is 9.05. The Morgan fingerprint density at radius 3 is 2.66 bits per heavy atom. The van der Waals surface area contributed by atoms with E-state index in [2.05, 4.69) is 11.9 Å². The van der Waals surface area contributed by atoms with Crippen LogP contribution < -0.4 is 15.8 Å². The maximum Gasteiger partial charge on any atom is 0.253 e. The second-order valence-electron chi connectivity index (χ2n) is 9.05. The van der Waals surface area contributed by atoms with Crippen LogP contribution in [0.15, 0.2) is 49.0 Å². The highest BCUT2D eigenvalue weighted by Gasteiger charge is 2.24. The molecule has 3 aromatic rings. The van der Waals surface area contributed by atoms with E-state index in [0.29, 0.717) is 29.3 Å². The maximum atomic E-state index is 13.2. The molecule has 0 unspecified atom stereocenters. The predicted octanol–water partition coefficient (Wildman–Crippen LogP) is 4.41. The Kier molecular flexibility index (Phi) is 7.39. The summed E-state index contributed by atoms with van der Waals surface area (Å²) in [4.78, 5) is 31.3. The molecule has 3 N–H and O–H groups in total. The third-order valence-corrected chi connectivity index (χ3v) is 6.70. The summed E-state index contributed by atoms with van der Waals surface area (Å²) in [6, 6.07) is 13.4. The number of aryl methyl sites for hydroxylation is 1. The predicted molar refractivity (Wildman–Crippen MR) is 138 cm³/mol. The first-order valence-corrected chi connectivity index (χ1v) is 12.0. The van der Waals surface area contributed by atoms with E-state index in [0.717, 1.165) is 42.5 Å². The number of methoxy groups -OCH3 is 1. The van der Waals surface area contributed by atoms with E-state index in [4.69, 9.17) is 15.5 Å². The molecule has 1 aliphatic rings. The number of hydrogen-bond acceptors (Lipinski definition) is 5. The van der Waals surface area contributed by atoms with Crippen LogP contribution in [-0.2, 0) is 11.3 Å². The van der Waals surface area contributed by atoms with Crippen molar-refractivity contribution in [2.45, 2.75) is 51.1 Å². The molecule has 8 nitrogen and oxygen atoms in total. The van der Waals surface area contributed by atoms with Gasteiger partial charge in [-0.2, -0.15) is 0 Å². The van der Waals surface area contributed by atoms with Crippen molar-refractivity contribution in [3.8, 4) is 5.75 Å². The number of benzene rings is 2. The number of carbonyl (C=O) groups is 2. The van der Waals surface area contributed by atoms with Crippen LogP contribution >= 0.6 is 0 Å². The number of anilines is 1. The lowest BCUT2D eigenvalue weighted by atomic mass is 9.94. The summed E-state index contributed by atoms with van der Waals surface area (Å²) in [5, 5.41) is 3.27. The van der Waals surface area contributed by atoms with Crippen molar-refractivity contribution < 1.29 is 14.3 Å². The molecule has 1 aliphatic carbocycles. The van der Waals surface area contributed by atoms with Crippen LogP contribution in [0.4, 0.5) is 5.95 Å². The van der Waals surface area contributed by atoms with Gasteiger partial charge in [0, 0.05) is 42.9 Å². The summed E-state index contributed by atoms with van der Waals surface area (Å²) < 4.78 is 7.21. The highest BCUT2D eigenvalue weighted by atomic mass is 16.5. The number of fused-ring (bicyclic) bond motifs is 1. The Bertz CT molecular complexity index is 1240. The molecule has 1 fully saturated rings. The number of nitrogens with zero attached hydrogens (tertiary/aromatic N) is 3. The van der Waals surface area contributed by atoms with Gasteiger partial charge in [0.05, 0.1) is 18.1 Å². The SMILES string of the molecule is C=C(Nc1nc2cc(C(=O)N(C)C3CCCCC3)ccc2n1CCC(N)=O)c1cccc(OC)c1. The molecule has 35 heavy (non-hydrogen) atoms. The van der Waals surface area contributed by atoms with Crippen LogP contribution in [0.3, 0.4) is 0 Å². The first-order chi connectivity index (χ1) is 16.9. The molecule has 0 radical (unpaired) electrons. The third kappa shape index (κ3) is 5.48. The molecular formula is C27H33N5O3. The minimum Gasteiger partial charge on any atom is -0.497 e. The lowest BCUT2D eigenvalue weighted by Gasteiger charge is -2.31. The van der Waals surface area contributed by atoms with Crippen LogP contribution in [0.5, 0.6) is 5.75 Å². The smallest absolute Gasteiger partial charge is 0.253 e. The average Bonchev–Trinajstić information content (AvgIpc) is 3.22. The number of rotatable bonds is 9. The molecule has 0 aliphatic heterocycles. The zero-order valence-corrected chi connectivity index (χ0v) is 20.4. The summed E-state index contributed by atoms with van der Waals surface area (Å²) in [6.07, 6.45) is 5.83. The van der Waals surface area contributed by atoms with Gasteiger partial charge in [-0.15, -0.1) is 0 Å². The molecule has 1 saturated carbocycles. The Morgan fingerprint density at radius 2 is 1.94 bits per heavy atom. The Labute approximate surface area is 205 Å². The van der Waals surface area contributed by atoms with Gasteiger partial charge in [0.1, 0.15) is 5.75 Å². The Balaban J connectivity index is 1.64. The van der Waals surface area contributed by atoms with Gasteiger partial charge in [-0.3, -0.25) is 9.59 Å². The Hall–Kier alpha value is -3.81. The fourth-order valence-corrected chi connectivity index (χ4v) is 4.66. The minimum absolute atomic E-state index is 0.000727.